The third-order valence-corrected chi connectivity index (χ3v) is 5.01. The number of carbonyl (C=O) groups is 2. The van der Waals surface area contributed by atoms with Crippen molar-refractivity contribution in [2.75, 3.05) is 31.6 Å². The molecule has 3 rings (SSSR count). The van der Waals surface area contributed by atoms with Crippen molar-refractivity contribution >= 4 is 17.5 Å². The maximum absolute atomic E-state index is 12.1. The lowest BCUT2D eigenvalue weighted by atomic mass is 10.0. The van der Waals surface area contributed by atoms with Gasteiger partial charge in [0.15, 0.2) is 6.61 Å². The van der Waals surface area contributed by atoms with Gasteiger partial charge in [-0.3, -0.25) is 14.5 Å². The topological polar surface area (TPSA) is 70.7 Å². The third kappa shape index (κ3) is 4.72. The van der Waals surface area contributed by atoms with Crippen molar-refractivity contribution in [2.45, 2.75) is 45.1 Å². The Hall–Kier alpha value is -2.08. The molecule has 0 bridgehead atoms. The van der Waals surface area contributed by atoms with Crippen LogP contribution in [0.4, 0.5) is 5.69 Å². The van der Waals surface area contributed by atoms with Crippen molar-refractivity contribution in [3.05, 3.63) is 23.8 Å². The number of benzene rings is 1. The molecular formula is C19H27N3O3. The molecule has 136 valence electrons. The molecule has 1 saturated heterocycles. The van der Waals surface area contributed by atoms with Gasteiger partial charge in [-0.25, -0.2) is 0 Å². The highest BCUT2D eigenvalue weighted by Crippen LogP contribution is 2.26. The van der Waals surface area contributed by atoms with Crippen LogP contribution in [0, 0.1) is 0 Å². The van der Waals surface area contributed by atoms with Gasteiger partial charge in [-0.1, -0.05) is 6.92 Å². The summed E-state index contributed by atoms with van der Waals surface area (Å²) in [6, 6.07) is 5.94. The van der Waals surface area contributed by atoms with E-state index in [1.54, 1.807) is 6.07 Å². The molecule has 1 aromatic rings. The van der Waals surface area contributed by atoms with Gasteiger partial charge in [0, 0.05) is 24.7 Å². The van der Waals surface area contributed by atoms with Crippen molar-refractivity contribution < 1.29 is 14.3 Å². The summed E-state index contributed by atoms with van der Waals surface area (Å²) in [5.41, 5.74) is 1.89. The fourth-order valence-electron chi connectivity index (χ4n) is 3.52. The molecular weight excluding hydrogens is 318 g/mol. The van der Waals surface area contributed by atoms with Crippen molar-refractivity contribution in [1.82, 2.24) is 10.2 Å². The summed E-state index contributed by atoms with van der Waals surface area (Å²) in [5.74, 6) is 0.615. The number of fused-ring (bicyclic) bond motifs is 1. The van der Waals surface area contributed by atoms with Crippen molar-refractivity contribution in [3.8, 4) is 5.75 Å². The minimum atomic E-state index is -0.0938. The quantitative estimate of drug-likeness (QED) is 0.792. The van der Waals surface area contributed by atoms with Crippen molar-refractivity contribution in [2.24, 2.45) is 0 Å². The predicted molar refractivity (Wildman–Crippen MR) is 96.8 cm³/mol. The Balaban J connectivity index is 1.45. The van der Waals surface area contributed by atoms with E-state index in [2.05, 4.69) is 22.5 Å². The summed E-state index contributed by atoms with van der Waals surface area (Å²) in [6.45, 7) is 5.13. The molecule has 2 aliphatic heterocycles. The van der Waals surface area contributed by atoms with Crippen molar-refractivity contribution in [3.63, 3.8) is 0 Å². The molecule has 2 N–H and O–H groups in total. The van der Waals surface area contributed by atoms with Crippen LogP contribution in [0.5, 0.6) is 5.75 Å². The Bertz CT molecular complexity index is 626. The maximum Gasteiger partial charge on any atom is 0.257 e. The largest absolute Gasteiger partial charge is 0.484 e. The molecule has 2 amide bonds. The summed E-state index contributed by atoms with van der Waals surface area (Å²) in [4.78, 5) is 25.9. The summed E-state index contributed by atoms with van der Waals surface area (Å²) >= 11 is 0. The van der Waals surface area contributed by atoms with Crippen molar-refractivity contribution in [1.29, 1.82) is 0 Å². The van der Waals surface area contributed by atoms with Gasteiger partial charge in [0.1, 0.15) is 5.75 Å². The van der Waals surface area contributed by atoms with E-state index in [4.69, 9.17) is 4.74 Å². The van der Waals surface area contributed by atoms with Gasteiger partial charge in [0.05, 0.1) is 0 Å². The highest BCUT2D eigenvalue weighted by atomic mass is 16.5. The number of ether oxygens (including phenoxy) is 1. The molecule has 0 radical (unpaired) electrons. The van der Waals surface area contributed by atoms with Crippen LogP contribution in [0.1, 0.15) is 38.2 Å². The van der Waals surface area contributed by atoms with Crippen LogP contribution in [-0.4, -0.2) is 49.0 Å². The molecule has 1 aromatic carbocycles. The molecule has 6 nitrogen and oxygen atoms in total. The fourth-order valence-corrected chi connectivity index (χ4v) is 3.52. The summed E-state index contributed by atoms with van der Waals surface area (Å²) in [5, 5.41) is 5.83. The Morgan fingerprint density at radius 3 is 2.88 bits per heavy atom. The minimum Gasteiger partial charge on any atom is -0.484 e. The SMILES string of the molecule is CCC(CNC(=O)COc1ccc2c(c1)CCC(=O)N2)N1CCCC1. The Kier molecular flexibility index (Phi) is 5.91. The maximum atomic E-state index is 12.1. The minimum absolute atomic E-state index is 0.0155. The summed E-state index contributed by atoms with van der Waals surface area (Å²) < 4.78 is 5.61. The Morgan fingerprint density at radius 2 is 2.12 bits per heavy atom. The molecule has 6 heteroatoms. The molecule has 2 heterocycles. The van der Waals surface area contributed by atoms with E-state index >= 15 is 0 Å². The number of carbonyl (C=O) groups excluding carboxylic acids is 2. The van der Waals surface area contributed by atoms with E-state index in [0.29, 0.717) is 31.2 Å². The standard InChI is InChI=1S/C19H27N3O3/c1-2-15(22-9-3-4-10-22)12-20-19(24)13-25-16-6-7-17-14(11-16)5-8-18(23)21-17/h6-7,11,15H,2-5,8-10,12-13H2,1H3,(H,20,24)(H,21,23). The first-order chi connectivity index (χ1) is 12.2. The van der Waals surface area contributed by atoms with Gasteiger partial charge in [-0.15, -0.1) is 0 Å². The number of hydrogen-bond acceptors (Lipinski definition) is 4. The molecule has 25 heavy (non-hydrogen) atoms. The van der Waals surface area contributed by atoms with Crippen LogP contribution in [0.3, 0.4) is 0 Å². The van der Waals surface area contributed by atoms with E-state index in [0.717, 1.165) is 30.8 Å². The van der Waals surface area contributed by atoms with Crippen LogP contribution in [0.15, 0.2) is 18.2 Å². The van der Waals surface area contributed by atoms with E-state index in [1.165, 1.54) is 12.8 Å². The first-order valence-corrected chi connectivity index (χ1v) is 9.22. The number of nitrogens with one attached hydrogen (secondary N) is 2. The number of aryl methyl sites for hydroxylation is 1. The molecule has 2 aliphatic rings. The first-order valence-electron chi connectivity index (χ1n) is 9.22. The van der Waals surface area contributed by atoms with Gasteiger partial charge in [0.2, 0.25) is 5.91 Å². The van der Waals surface area contributed by atoms with Crippen LogP contribution >= 0.6 is 0 Å². The lowest BCUT2D eigenvalue weighted by Gasteiger charge is -2.26. The molecule has 1 unspecified atom stereocenters. The summed E-state index contributed by atoms with van der Waals surface area (Å²) in [6.07, 6.45) is 4.75. The highest BCUT2D eigenvalue weighted by molar-refractivity contribution is 5.94. The number of anilines is 1. The first kappa shape index (κ1) is 17.7. The van der Waals surface area contributed by atoms with E-state index in [-0.39, 0.29) is 18.4 Å². The van der Waals surface area contributed by atoms with E-state index in [1.807, 2.05) is 12.1 Å². The van der Waals surface area contributed by atoms with Gasteiger partial charge in [-0.2, -0.15) is 0 Å². The Morgan fingerprint density at radius 1 is 1.32 bits per heavy atom. The average molecular weight is 345 g/mol. The van der Waals surface area contributed by atoms with Gasteiger partial charge >= 0.3 is 0 Å². The highest BCUT2D eigenvalue weighted by Gasteiger charge is 2.21. The average Bonchev–Trinajstić information content (AvgIpc) is 3.15. The van der Waals surface area contributed by atoms with Crippen LogP contribution in [0.2, 0.25) is 0 Å². The number of hydrogen-bond donors (Lipinski definition) is 2. The number of rotatable bonds is 7. The molecule has 0 aliphatic carbocycles. The lowest BCUT2D eigenvalue weighted by molar-refractivity contribution is -0.123. The predicted octanol–water partition coefficient (Wildman–Crippen LogP) is 1.94. The second-order valence-electron chi connectivity index (χ2n) is 6.77. The monoisotopic (exact) mass is 345 g/mol. The summed E-state index contributed by atoms with van der Waals surface area (Å²) in [7, 11) is 0. The van der Waals surface area contributed by atoms with E-state index in [9.17, 15) is 9.59 Å². The fraction of sp³-hybridized carbons (Fsp3) is 0.579. The molecule has 0 saturated carbocycles. The van der Waals surface area contributed by atoms with Gasteiger partial charge in [-0.05, 0) is 62.5 Å². The van der Waals surface area contributed by atoms with Crippen LogP contribution in [0.25, 0.3) is 0 Å². The van der Waals surface area contributed by atoms with Crippen LogP contribution < -0.4 is 15.4 Å². The van der Waals surface area contributed by atoms with E-state index < -0.39 is 0 Å². The zero-order chi connectivity index (χ0) is 17.6. The zero-order valence-electron chi connectivity index (χ0n) is 14.8. The van der Waals surface area contributed by atoms with Crippen LogP contribution in [-0.2, 0) is 16.0 Å². The van der Waals surface area contributed by atoms with Gasteiger partial charge in [0.25, 0.3) is 5.91 Å². The normalized spacial score (nSPS) is 18.4. The lowest BCUT2D eigenvalue weighted by Crippen LogP contribution is -2.43. The number of nitrogens with zero attached hydrogens (tertiary/aromatic N) is 1. The molecule has 1 atom stereocenters. The second-order valence-corrected chi connectivity index (χ2v) is 6.77. The Labute approximate surface area is 148 Å². The number of likely N-dealkylation sites (tertiary alicyclic amines) is 1. The zero-order valence-corrected chi connectivity index (χ0v) is 14.8. The number of amides is 2. The smallest absolute Gasteiger partial charge is 0.257 e. The van der Waals surface area contributed by atoms with Gasteiger partial charge < -0.3 is 15.4 Å². The second kappa shape index (κ2) is 8.34. The molecule has 0 spiro atoms. The molecule has 0 aromatic heterocycles. The third-order valence-electron chi connectivity index (χ3n) is 5.01. The molecule has 1 fully saturated rings.